The standard InChI is InChI=1S/C7H12O3/c8-3-1-6-5-10-4-2-7(6)9/h2,4,6-9H,1,3,5H2/t6-,7+/m0/s1. The first-order valence-corrected chi connectivity index (χ1v) is 3.42. The van der Waals surface area contributed by atoms with Crippen LogP contribution in [-0.2, 0) is 4.74 Å². The lowest BCUT2D eigenvalue weighted by atomic mass is 9.99. The normalized spacial score (nSPS) is 31.8. The van der Waals surface area contributed by atoms with Crippen molar-refractivity contribution < 1.29 is 14.9 Å². The van der Waals surface area contributed by atoms with Crippen molar-refractivity contribution in [2.45, 2.75) is 12.5 Å². The molecule has 1 aliphatic rings. The Morgan fingerprint density at radius 3 is 3.00 bits per heavy atom. The van der Waals surface area contributed by atoms with E-state index in [0.717, 1.165) is 0 Å². The van der Waals surface area contributed by atoms with Crippen LogP contribution in [0.15, 0.2) is 12.3 Å². The molecule has 1 heterocycles. The highest BCUT2D eigenvalue weighted by Crippen LogP contribution is 2.14. The van der Waals surface area contributed by atoms with Gasteiger partial charge in [-0.05, 0) is 12.5 Å². The summed E-state index contributed by atoms with van der Waals surface area (Å²) in [6.07, 6.45) is 3.26. The maximum atomic E-state index is 9.22. The zero-order valence-electron chi connectivity index (χ0n) is 5.73. The van der Waals surface area contributed by atoms with E-state index in [4.69, 9.17) is 9.84 Å². The number of ether oxygens (including phenoxy) is 1. The van der Waals surface area contributed by atoms with Gasteiger partial charge in [-0.25, -0.2) is 0 Å². The molecular formula is C7H12O3. The van der Waals surface area contributed by atoms with Crippen LogP contribution in [-0.4, -0.2) is 29.5 Å². The zero-order chi connectivity index (χ0) is 7.40. The highest BCUT2D eigenvalue weighted by molar-refractivity contribution is 4.91. The maximum absolute atomic E-state index is 9.22. The first kappa shape index (κ1) is 7.57. The molecule has 0 saturated carbocycles. The van der Waals surface area contributed by atoms with Crippen molar-refractivity contribution in [3.63, 3.8) is 0 Å². The molecule has 0 fully saturated rings. The van der Waals surface area contributed by atoms with Gasteiger partial charge in [-0.15, -0.1) is 0 Å². The summed E-state index contributed by atoms with van der Waals surface area (Å²) in [5.74, 6) is 0.0648. The molecule has 3 nitrogen and oxygen atoms in total. The van der Waals surface area contributed by atoms with E-state index in [9.17, 15) is 5.11 Å². The average Bonchev–Trinajstić information content (AvgIpc) is 1.94. The van der Waals surface area contributed by atoms with Crippen LogP contribution in [0.3, 0.4) is 0 Å². The Balaban J connectivity index is 2.36. The van der Waals surface area contributed by atoms with Crippen molar-refractivity contribution in [3.8, 4) is 0 Å². The molecule has 1 rings (SSSR count). The predicted molar refractivity (Wildman–Crippen MR) is 36.3 cm³/mol. The smallest absolute Gasteiger partial charge is 0.0930 e. The molecule has 0 amide bonds. The number of aliphatic hydroxyl groups excluding tert-OH is 2. The molecule has 0 bridgehead atoms. The van der Waals surface area contributed by atoms with Crippen LogP contribution in [0, 0.1) is 5.92 Å². The molecule has 0 unspecified atom stereocenters. The predicted octanol–water partition coefficient (Wildman–Crippen LogP) is -0.110. The fourth-order valence-electron chi connectivity index (χ4n) is 0.991. The molecule has 3 heteroatoms. The monoisotopic (exact) mass is 144 g/mol. The van der Waals surface area contributed by atoms with Crippen LogP contribution < -0.4 is 0 Å². The summed E-state index contributed by atoms with van der Waals surface area (Å²) in [5, 5.41) is 17.8. The first-order valence-electron chi connectivity index (χ1n) is 3.42. The summed E-state index contributed by atoms with van der Waals surface area (Å²) >= 11 is 0. The van der Waals surface area contributed by atoms with Gasteiger partial charge < -0.3 is 14.9 Å². The molecule has 0 spiro atoms. The lowest BCUT2D eigenvalue weighted by molar-refractivity contribution is 0.0531. The highest BCUT2D eigenvalue weighted by atomic mass is 16.5. The second kappa shape index (κ2) is 3.58. The van der Waals surface area contributed by atoms with Gasteiger partial charge in [0.25, 0.3) is 0 Å². The van der Waals surface area contributed by atoms with Gasteiger partial charge in [-0.1, -0.05) is 0 Å². The van der Waals surface area contributed by atoms with Gasteiger partial charge in [0.1, 0.15) is 0 Å². The van der Waals surface area contributed by atoms with Crippen LogP contribution in [0.4, 0.5) is 0 Å². The molecule has 1 aliphatic heterocycles. The molecule has 0 aromatic carbocycles. The van der Waals surface area contributed by atoms with Crippen molar-refractivity contribution in [1.82, 2.24) is 0 Å². The topological polar surface area (TPSA) is 49.7 Å². The fourth-order valence-corrected chi connectivity index (χ4v) is 0.991. The van der Waals surface area contributed by atoms with Crippen LogP contribution in [0.2, 0.25) is 0 Å². The third-order valence-electron chi connectivity index (χ3n) is 1.67. The van der Waals surface area contributed by atoms with E-state index in [0.29, 0.717) is 13.0 Å². The molecule has 0 aromatic rings. The number of aliphatic hydroxyl groups is 2. The van der Waals surface area contributed by atoms with Gasteiger partial charge >= 0.3 is 0 Å². The Bertz CT molecular complexity index is 122. The number of rotatable bonds is 2. The average molecular weight is 144 g/mol. The van der Waals surface area contributed by atoms with E-state index < -0.39 is 6.10 Å². The second-order valence-electron chi connectivity index (χ2n) is 2.42. The molecule has 2 atom stereocenters. The molecule has 0 aromatic heterocycles. The third-order valence-corrected chi connectivity index (χ3v) is 1.67. The van der Waals surface area contributed by atoms with Gasteiger partial charge in [-0.2, -0.15) is 0 Å². The van der Waals surface area contributed by atoms with Gasteiger partial charge in [0.15, 0.2) is 0 Å². The van der Waals surface area contributed by atoms with Crippen molar-refractivity contribution in [2.24, 2.45) is 5.92 Å². The number of hydrogen-bond donors (Lipinski definition) is 2. The molecular weight excluding hydrogens is 132 g/mol. The molecule has 0 aliphatic carbocycles. The van der Waals surface area contributed by atoms with Crippen LogP contribution >= 0.6 is 0 Å². The Kier molecular flexibility index (Phi) is 2.71. The van der Waals surface area contributed by atoms with E-state index in [2.05, 4.69) is 0 Å². The summed E-state index contributed by atoms with van der Waals surface area (Å²) < 4.78 is 4.95. The van der Waals surface area contributed by atoms with Crippen LogP contribution in [0.25, 0.3) is 0 Å². The van der Waals surface area contributed by atoms with Crippen molar-refractivity contribution in [1.29, 1.82) is 0 Å². The number of hydrogen-bond acceptors (Lipinski definition) is 3. The van der Waals surface area contributed by atoms with Gasteiger partial charge in [0.05, 0.1) is 19.0 Å². The molecule has 0 radical (unpaired) electrons. The fraction of sp³-hybridized carbons (Fsp3) is 0.714. The Labute approximate surface area is 59.9 Å². The van der Waals surface area contributed by atoms with E-state index in [-0.39, 0.29) is 12.5 Å². The minimum atomic E-state index is -0.444. The molecule has 2 N–H and O–H groups in total. The van der Waals surface area contributed by atoms with Crippen molar-refractivity contribution >= 4 is 0 Å². The quantitative estimate of drug-likeness (QED) is 0.568. The van der Waals surface area contributed by atoms with E-state index in [1.54, 1.807) is 6.08 Å². The maximum Gasteiger partial charge on any atom is 0.0930 e. The Morgan fingerprint density at radius 2 is 2.40 bits per heavy atom. The largest absolute Gasteiger partial charge is 0.501 e. The first-order chi connectivity index (χ1) is 4.84. The molecule has 10 heavy (non-hydrogen) atoms. The van der Waals surface area contributed by atoms with Crippen molar-refractivity contribution in [3.05, 3.63) is 12.3 Å². The summed E-state index contributed by atoms with van der Waals surface area (Å²) in [7, 11) is 0. The van der Waals surface area contributed by atoms with Crippen LogP contribution in [0.5, 0.6) is 0 Å². The summed E-state index contributed by atoms with van der Waals surface area (Å²) in [4.78, 5) is 0. The van der Waals surface area contributed by atoms with E-state index in [1.807, 2.05) is 0 Å². The lowest BCUT2D eigenvalue weighted by Crippen LogP contribution is -2.26. The lowest BCUT2D eigenvalue weighted by Gasteiger charge is -2.22. The van der Waals surface area contributed by atoms with E-state index >= 15 is 0 Å². The molecule has 58 valence electrons. The summed E-state index contributed by atoms with van der Waals surface area (Å²) in [6.45, 7) is 0.622. The van der Waals surface area contributed by atoms with Crippen LogP contribution in [0.1, 0.15) is 6.42 Å². The van der Waals surface area contributed by atoms with Crippen molar-refractivity contribution in [2.75, 3.05) is 13.2 Å². The second-order valence-corrected chi connectivity index (χ2v) is 2.42. The zero-order valence-corrected chi connectivity index (χ0v) is 5.73. The van der Waals surface area contributed by atoms with Gasteiger partial charge in [0.2, 0.25) is 0 Å². The van der Waals surface area contributed by atoms with Gasteiger partial charge in [-0.3, -0.25) is 0 Å². The third kappa shape index (κ3) is 1.72. The van der Waals surface area contributed by atoms with Gasteiger partial charge in [0, 0.05) is 12.5 Å². The summed E-state index contributed by atoms with van der Waals surface area (Å²) in [6, 6.07) is 0. The Hall–Kier alpha value is -0.540. The molecule has 0 saturated heterocycles. The minimum absolute atomic E-state index is 0.0648. The van der Waals surface area contributed by atoms with E-state index in [1.165, 1.54) is 6.26 Å². The summed E-state index contributed by atoms with van der Waals surface area (Å²) in [5.41, 5.74) is 0. The SMILES string of the molecule is OCC[C@H]1COC=C[C@H]1O. The highest BCUT2D eigenvalue weighted by Gasteiger charge is 2.19. The minimum Gasteiger partial charge on any atom is -0.501 e. The Morgan fingerprint density at radius 1 is 1.60 bits per heavy atom.